The van der Waals surface area contributed by atoms with Crippen molar-refractivity contribution in [1.82, 2.24) is 10.2 Å². The third kappa shape index (κ3) is 5.83. The van der Waals surface area contributed by atoms with E-state index in [-0.39, 0.29) is 23.3 Å². The molecule has 0 spiro atoms. The molecule has 29 heavy (non-hydrogen) atoms. The predicted octanol–water partition coefficient (Wildman–Crippen LogP) is 5.73. The standard InChI is InChI=1S/C25H33ClN2O/c1-18(19-11-13-22(14-12-19)25(2,3)4)27-24(29)21-9-7-15-28(17-21)16-20-8-5-6-10-23(20)26/h5-6,8,10-14,18,21H,7,9,15-17H2,1-4H3,(H,27,29)/t18-,21+/m1/s1. The number of hydrogen-bond acceptors (Lipinski definition) is 2. The largest absolute Gasteiger partial charge is 0.349 e. The van der Waals surface area contributed by atoms with Gasteiger partial charge in [0.25, 0.3) is 0 Å². The van der Waals surface area contributed by atoms with Crippen LogP contribution >= 0.6 is 11.6 Å². The molecule has 0 bridgehead atoms. The SMILES string of the molecule is C[C@@H](NC(=O)[C@H]1CCCN(Cc2ccccc2Cl)C1)c1ccc(C(C)(C)C)cc1. The maximum absolute atomic E-state index is 12.9. The lowest BCUT2D eigenvalue weighted by Gasteiger charge is -2.33. The van der Waals surface area contributed by atoms with Gasteiger partial charge in [0.2, 0.25) is 5.91 Å². The number of piperidine rings is 1. The smallest absolute Gasteiger partial charge is 0.224 e. The Morgan fingerprint density at radius 3 is 2.52 bits per heavy atom. The number of rotatable bonds is 5. The maximum atomic E-state index is 12.9. The second-order valence-electron chi connectivity index (χ2n) is 9.27. The Labute approximate surface area is 180 Å². The van der Waals surface area contributed by atoms with Gasteiger partial charge in [-0.25, -0.2) is 0 Å². The van der Waals surface area contributed by atoms with Crippen molar-refractivity contribution in [1.29, 1.82) is 0 Å². The number of likely N-dealkylation sites (tertiary alicyclic amines) is 1. The number of carbonyl (C=O) groups excluding carboxylic acids is 1. The third-order valence-corrected chi connectivity index (χ3v) is 6.23. The first kappa shape index (κ1) is 21.9. The van der Waals surface area contributed by atoms with Crippen molar-refractivity contribution in [3.8, 4) is 0 Å². The van der Waals surface area contributed by atoms with Gasteiger partial charge in [-0.15, -0.1) is 0 Å². The van der Waals surface area contributed by atoms with E-state index in [1.54, 1.807) is 0 Å². The summed E-state index contributed by atoms with van der Waals surface area (Å²) in [6, 6.07) is 16.6. The predicted molar refractivity (Wildman–Crippen MR) is 121 cm³/mol. The molecule has 2 atom stereocenters. The zero-order valence-electron chi connectivity index (χ0n) is 18.0. The monoisotopic (exact) mass is 412 g/mol. The number of hydrogen-bond donors (Lipinski definition) is 1. The fourth-order valence-corrected chi connectivity index (χ4v) is 4.16. The Bertz CT molecular complexity index is 825. The summed E-state index contributed by atoms with van der Waals surface area (Å²) in [5.41, 5.74) is 3.72. The highest BCUT2D eigenvalue weighted by atomic mass is 35.5. The van der Waals surface area contributed by atoms with Crippen LogP contribution in [0, 0.1) is 5.92 Å². The van der Waals surface area contributed by atoms with Gasteiger partial charge in [0.15, 0.2) is 0 Å². The summed E-state index contributed by atoms with van der Waals surface area (Å²) >= 11 is 6.31. The van der Waals surface area contributed by atoms with E-state index >= 15 is 0 Å². The Hall–Kier alpha value is -1.84. The molecule has 1 N–H and O–H groups in total. The second kappa shape index (κ2) is 9.32. The van der Waals surface area contributed by atoms with Crippen LogP contribution in [0.5, 0.6) is 0 Å². The van der Waals surface area contributed by atoms with Crippen LogP contribution in [0.25, 0.3) is 0 Å². The van der Waals surface area contributed by atoms with Gasteiger partial charge >= 0.3 is 0 Å². The first-order chi connectivity index (χ1) is 13.7. The molecule has 3 nitrogen and oxygen atoms in total. The van der Waals surface area contributed by atoms with E-state index in [9.17, 15) is 4.79 Å². The molecule has 2 aromatic rings. The molecule has 1 heterocycles. The average molecular weight is 413 g/mol. The van der Waals surface area contributed by atoms with Crippen molar-refractivity contribution in [2.24, 2.45) is 5.92 Å². The second-order valence-corrected chi connectivity index (χ2v) is 9.68. The van der Waals surface area contributed by atoms with Crippen LogP contribution in [0.3, 0.4) is 0 Å². The maximum Gasteiger partial charge on any atom is 0.224 e. The first-order valence-electron chi connectivity index (χ1n) is 10.6. The van der Waals surface area contributed by atoms with E-state index in [1.165, 1.54) is 5.56 Å². The van der Waals surface area contributed by atoms with Crippen LogP contribution < -0.4 is 5.32 Å². The van der Waals surface area contributed by atoms with Crippen molar-refractivity contribution in [2.75, 3.05) is 13.1 Å². The van der Waals surface area contributed by atoms with Crippen LogP contribution in [-0.2, 0) is 16.8 Å². The van der Waals surface area contributed by atoms with Gasteiger partial charge in [0.1, 0.15) is 0 Å². The molecule has 0 radical (unpaired) electrons. The van der Waals surface area contributed by atoms with Crippen molar-refractivity contribution in [2.45, 2.75) is 58.5 Å². The minimum absolute atomic E-state index is 0.00969. The molecule has 1 fully saturated rings. The summed E-state index contributed by atoms with van der Waals surface area (Å²) in [5.74, 6) is 0.184. The highest BCUT2D eigenvalue weighted by Gasteiger charge is 2.27. The molecular formula is C25H33ClN2O. The number of nitrogens with zero attached hydrogens (tertiary/aromatic N) is 1. The average Bonchev–Trinajstić information content (AvgIpc) is 2.69. The molecule has 1 aliphatic heterocycles. The molecule has 0 saturated carbocycles. The van der Waals surface area contributed by atoms with Crippen molar-refractivity contribution in [3.05, 3.63) is 70.2 Å². The van der Waals surface area contributed by atoms with E-state index < -0.39 is 0 Å². The fourth-order valence-electron chi connectivity index (χ4n) is 3.97. The Balaban J connectivity index is 1.57. The van der Waals surface area contributed by atoms with E-state index in [4.69, 9.17) is 11.6 Å². The lowest BCUT2D eigenvalue weighted by atomic mass is 9.86. The molecule has 1 aliphatic rings. The highest BCUT2D eigenvalue weighted by molar-refractivity contribution is 6.31. The fraction of sp³-hybridized carbons (Fsp3) is 0.480. The summed E-state index contributed by atoms with van der Waals surface area (Å²) in [7, 11) is 0. The van der Waals surface area contributed by atoms with Crippen molar-refractivity contribution >= 4 is 17.5 Å². The molecule has 1 saturated heterocycles. The topological polar surface area (TPSA) is 32.3 Å². The van der Waals surface area contributed by atoms with Crippen LogP contribution in [0.2, 0.25) is 5.02 Å². The van der Waals surface area contributed by atoms with Gasteiger partial charge in [-0.05, 0) is 54.5 Å². The molecule has 3 rings (SSSR count). The molecule has 4 heteroatoms. The van der Waals surface area contributed by atoms with Crippen LogP contribution in [-0.4, -0.2) is 23.9 Å². The molecule has 0 aromatic heterocycles. The molecule has 156 valence electrons. The number of amides is 1. The number of carbonyl (C=O) groups is 1. The summed E-state index contributed by atoms with van der Waals surface area (Å²) in [6.07, 6.45) is 1.98. The first-order valence-corrected chi connectivity index (χ1v) is 11.0. The molecular weight excluding hydrogens is 380 g/mol. The minimum atomic E-state index is 0.00969. The summed E-state index contributed by atoms with van der Waals surface area (Å²) in [6.45, 7) is 11.3. The normalized spacial score (nSPS) is 19.0. The van der Waals surface area contributed by atoms with Crippen molar-refractivity contribution < 1.29 is 4.79 Å². The number of benzene rings is 2. The van der Waals surface area contributed by atoms with E-state index in [2.05, 4.69) is 68.2 Å². The molecule has 1 amide bonds. The van der Waals surface area contributed by atoms with E-state index in [0.29, 0.717) is 0 Å². The van der Waals surface area contributed by atoms with E-state index in [0.717, 1.165) is 48.6 Å². The third-order valence-electron chi connectivity index (χ3n) is 5.86. The lowest BCUT2D eigenvalue weighted by Crippen LogP contribution is -2.43. The number of nitrogens with one attached hydrogen (secondary N) is 1. The van der Waals surface area contributed by atoms with E-state index in [1.807, 2.05) is 18.2 Å². The highest BCUT2D eigenvalue weighted by Crippen LogP contribution is 2.25. The summed E-state index contributed by atoms with van der Waals surface area (Å²) in [5, 5.41) is 4.03. The zero-order valence-corrected chi connectivity index (χ0v) is 18.8. The summed E-state index contributed by atoms with van der Waals surface area (Å²) < 4.78 is 0. The molecule has 0 aliphatic carbocycles. The zero-order chi connectivity index (χ0) is 21.0. The van der Waals surface area contributed by atoms with Crippen LogP contribution in [0.1, 0.15) is 63.3 Å². The van der Waals surface area contributed by atoms with Gasteiger partial charge < -0.3 is 5.32 Å². The van der Waals surface area contributed by atoms with Crippen LogP contribution in [0.4, 0.5) is 0 Å². The molecule has 0 unspecified atom stereocenters. The molecule has 2 aromatic carbocycles. The van der Waals surface area contributed by atoms with Gasteiger partial charge in [0, 0.05) is 18.1 Å². The Kier molecular flexibility index (Phi) is 7.02. The van der Waals surface area contributed by atoms with Gasteiger partial charge in [0.05, 0.1) is 12.0 Å². The quantitative estimate of drug-likeness (QED) is 0.680. The summed E-state index contributed by atoms with van der Waals surface area (Å²) in [4.78, 5) is 15.3. The van der Waals surface area contributed by atoms with Crippen LogP contribution in [0.15, 0.2) is 48.5 Å². The lowest BCUT2D eigenvalue weighted by molar-refractivity contribution is -0.127. The van der Waals surface area contributed by atoms with Gasteiger partial charge in [-0.1, -0.05) is 74.8 Å². The Morgan fingerprint density at radius 1 is 1.17 bits per heavy atom. The van der Waals surface area contributed by atoms with Gasteiger partial charge in [-0.3, -0.25) is 9.69 Å². The minimum Gasteiger partial charge on any atom is -0.349 e. The Morgan fingerprint density at radius 2 is 1.86 bits per heavy atom. The number of halogens is 1. The van der Waals surface area contributed by atoms with Crippen molar-refractivity contribution in [3.63, 3.8) is 0 Å². The van der Waals surface area contributed by atoms with Gasteiger partial charge in [-0.2, -0.15) is 0 Å².